The van der Waals surface area contributed by atoms with E-state index in [1.807, 2.05) is 13.8 Å². The molecule has 8 heteroatoms. The van der Waals surface area contributed by atoms with Gasteiger partial charge in [0, 0.05) is 5.41 Å². The molecule has 0 atom stereocenters. The van der Waals surface area contributed by atoms with Crippen LogP contribution in [0.4, 0.5) is 0 Å². The second-order valence-electron chi connectivity index (χ2n) is 7.44. The number of hydrogen-bond donors (Lipinski definition) is 1. The maximum Gasteiger partial charge on any atom is 0.272 e. The highest BCUT2D eigenvalue weighted by Crippen LogP contribution is 2.50. The van der Waals surface area contributed by atoms with E-state index in [1.54, 1.807) is 22.9 Å². The number of rotatable bonds is 4. The van der Waals surface area contributed by atoms with Gasteiger partial charge in [-0.05, 0) is 30.4 Å². The number of aromatic nitrogens is 2. The number of nitrogens with one attached hydrogen (secondary N) is 1. The molecule has 2 heterocycles. The summed E-state index contributed by atoms with van der Waals surface area (Å²) in [6.07, 6.45) is 3.55. The molecule has 1 aromatic carbocycles. The van der Waals surface area contributed by atoms with Crippen LogP contribution in [0.2, 0.25) is 0 Å². The third-order valence-corrected chi connectivity index (χ3v) is 6.46. The lowest BCUT2D eigenvalue weighted by Gasteiger charge is -2.24. The van der Waals surface area contributed by atoms with Gasteiger partial charge in [0.25, 0.3) is 15.9 Å². The van der Waals surface area contributed by atoms with Crippen LogP contribution in [0.15, 0.2) is 35.4 Å². The summed E-state index contributed by atoms with van der Waals surface area (Å²) in [5, 5.41) is 4.20. The van der Waals surface area contributed by atoms with Crippen LogP contribution >= 0.6 is 0 Å². The Bertz CT molecular complexity index is 974. The maximum absolute atomic E-state index is 12.7. The van der Waals surface area contributed by atoms with Crippen LogP contribution in [0, 0.1) is 5.41 Å². The monoisotopic (exact) mass is 375 g/mol. The molecule has 1 saturated carbocycles. The Morgan fingerprint density at radius 1 is 1.31 bits per heavy atom. The average molecular weight is 375 g/mol. The van der Waals surface area contributed by atoms with E-state index in [9.17, 15) is 13.2 Å². The molecule has 1 aliphatic carbocycles. The number of nitrogens with zero attached hydrogens (tertiary/aromatic N) is 2. The maximum atomic E-state index is 12.7. The average Bonchev–Trinajstić information content (AvgIpc) is 3.20. The number of sulfonamides is 1. The van der Waals surface area contributed by atoms with Gasteiger partial charge in [0.05, 0.1) is 24.2 Å². The van der Waals surface area contributed by atoms with Gasteiger partial charge in [-0.25, -0.2) is 17.8 Å². The molecule has 1 fully saturated rings. The fourth-order valence-electron chi connectivity index (χ4n) is 3.29. The summed E-state index contributed by atoms with van der Waals surface area (Å²) in [4.78, 5) is 12.7. The molecule has 1 amide bonds. The lowest BCUT2D eigenvalue weighted by Crippen LogP contribution is -2.33. The minimum absolute atomic E-state index is 0.0137. The summed E-state index contributed by atoms with van der Waals surface area (Å²) in [6.45, 7) is 5.07. The Morgan fingerprint density at radius 3 is 2.73 bits per heavy atom. The van der Waals surface area contributed by atoms with Gasteiger partial charge in [0.2, 0.25) is 5.88 Å². The standard InChI is InChI=1S/C18H21N3O4S/c1-12(2)13-5-3-4-6-15(13)26(23,24)20-16(22)14-9-19-21-10-18(7-8-18)11-25-17(14)21/h3-6,9,12H,7-8,10-11H2,1-2H3,(H,20,22). The zero-order valence-electron chi connectivity index (χ0n) is 14.7. The Balaban J connectivity index is 1.60. The molecule has 7 nitrogen and oxygen atoms in total. The second kappa shape index (κ2) is 5.84. The number of hydrogen-bond acceptors (Lipinski definition) is 5. The largest absolute Gasteiger partial charge is 0.477 e. The van der Waals surface area contributed by atoms with E-state index in [2.05, 4.69) is 9.82 Å². The lowest BCUT2D eigenvalue weighted by molar-refractivity contribution is 0.0966. The van der Waals surface area contributed by atoms with Crippen LogP contribution in [0.3, 0.4) is 0 Å². The molecule has 1 aromatic heterocycles. The van der Waals surface area contributed by atoms with E-state index < -0.39 is 15.9 Å². The quantitative estimate of drug-likeness (QED) is 0.885. The molecular formula is C18H21N3O4S. The van der Waals surface area contributed by atoms with Crippen molar-refractivity contribution in [3.05, 3.63) is 41.6 Å². The zero-order chi connectivity index (χ0) is 18.5. The highest BCUT2D eigenvalue weighted by molar-refractivity contribution is 7.90. The number of amides is 1. The first-order valence-corrected chi connectivity index (χ1v) is 10.1. The molecule has 1 spiro atoms. The Hall–Kier alpha value is -2.35. The van der Waals surface area contributed by atoms with Crippen molar-refractivity contribution < 1.29 is 17.9 Å². The van der Waals surface area contributed by atoms with Crippen LogP contribution in [-0.4, -0.2) is 30.7 Å². The third kappa shape index (κ3) is 2.88. The van der Waals surface area contributed by atoms with Gasteiger partial charge in [-0.1, -0.05) is 32.0 Å². The number of fused-ring (bicyclic) bond motifs is 1. The van der Waals surface area contributed by atoms with Crippen molar-refractivity contribution in [1.82, 2.24) is 14.5 Å². The predicted octanol–water partition coefficient (Wildman–Crippen LogP) is 2.30. The molecule has 0 bridgehead atoms. The number of carbonyl (C=O) groups excluding carboxylic acids is 1. The summed E-state index contributed by atoms with van der Waals surface area (Å²) in [6, 6.07) is 6.69. The van der Waals surface area contributed by atoms with E-state index in [1.165, 1.54) is 12.3 Å². The second-order valence-corrected chi connectivity index (χ2v) is 9.09. The van der Waals surface area contributed by atoms with Gasteiger partial charge in [0.1, 0.15) is 5.56 Å². The van der Waals surface area contributed by atoms with E-state index >= 15 is 0 Å². The molecule has 0 saturated heterocycles. The normalized spacial score (nSPS) is 17.7. The van der Waals surface area contributed by atoms with Crippen molar-refractivity contribution in [2.75, 3.05) is 6.61 Å². The molecule has 4 rings (SSSR count). The lowest BCUT2D eigenvalue weighted by atomic mass is 10.0. The van der Waals surface area contributed by atoms with Crippen LogP contribution < -0.4 is 9.46 Å². The van der Waals surface area contributed by atoms with E-state index in [0.717, 1.165) is 12.8 Å². The minimum Gasteiger partial charge on any atom is -0.477 e. The molecule has 0 unspecified atom stereocenters. The first-order chi connectivity index (χ1) is 12.3. The van der Waals surface area contributed by atoms with Crippen LogP contribution in [-0.2, 0) is 16.6 Å². The Labute approximate surface area is 152 Å². The van der Waals surface area contributed by atoms with Crippen molar-refractivity contribution >= 4 is 15.9 Å². The molecule has 0 radical (unpaired) electrons. The minimum atomic E-state index is -3.99. The van der Waals surface area contributed by atoms with Gasteiger partial charge in [-0.15, -0.1) is 0 Å². The molecule has 2 aliphatic rings. The van der Waals surface area contributed by atoms with Gasteiger partial charge in [0.15, 0.2) is 0 Å². The summed E-state index contributed by atoms with van der Waals surface area (Å²) >= 11 is 0. The van der Waals surface area contributed by atoms with Crippen LogP contribution in [0.25, 0.3) is 0 Å². The van der Waals surface area contributed by atoms with Crippen molar-refractivity contribution in [1.29, 1.82) is 0 Å². The van der Waals surface area contributed by atoms with E-state index in [4.69, 9.17) is 4.74 Å². The summed E-state index contributed by atoms with van der Waals surface area (Å²) in [7, 11) is -3.99. The zero-order valence-corrected chi connectivity index (χ0v) is 15.5. The Kier molecular flexibility index (Phi) is 3.83. The van der Waals surface area contributed by atoms with Crippen molar-refractivity contribution in [3.8, 4) is 5.88 Å². The SMILES string of the molecule is CC(C)c1ccccc1S(=O)(=O)NC(=O)c1cnn2c1OCC1(CC1)C2. The van der Waals surface area contributed by atoms with Gasteiger partial charge in [-0.3, -0.25) is 4.79 Å². The topological polar surface area (TPSA) is 90.3 Å². The summed E-state index contributed by atoms with van der Waals surface area (Å²) in [5.41, 5.74) is 0.956. The van der Waals surface area contributed by atoms with Crippen molar-refractivity contribution in [2.45, 2.75) is 44.0 Å². The van der Waals surface area contributed by atoms with Crippen LogP contribution in [0.1, 0.15) is 48.5 Å². The first-order valence-electron chi connectivity index (χ1n) is 8.66. The van der Waals surface area contributed by atoms with Crippen LogP contribution in [0.5, 0.6) is 5.88 Å². The third-order valence-electron chi connectivity index (χ3n) is 5.05. The van der Waals surface area contributed by atoms with Crippen molar-refractivity contribution in [3.63, 3.8) is 0 Å². The number of ether oxygens (including phenoxy) is 1. The first kappa shape index (κ1) is 17.1. The predicted molar refractivity (Wildman–Crippen MR) is 94.6 cm³/mol. The molecule has 2 aromatic rings. The van der Waals surface area contributed by atoms with E-state index in [0.29, 0.717) is 24.6 Å². The van der Waals surface area contributed by atoms with Gasteiger partial charge < -0.3 is 4.74 Å². The molecular weight excluding hydrogens is 354 g/mol. The number of benzene rings is 1. The molecule has 26 heavy (non-hydrogen) atoms. The highest BCUT2D eigenvalue weighted by Gasteiger charge is 2.47. The molecule has 1 aliphatic heterocycles. The summed E-state index contributed by atoms with van der Waals surface area (Å²) < 4.78 is 35.0. The fourth-order valence-corrected chi connectivity index (χ4v) is 4.63. The smallest absolute Gasteiger partial charge is 0.272 e. The van der Waals surface area contributed by atoms with Gasteiger partial charge in [-0.2, -0.15) is 5.10 Å². The van der Waals surface area contributed by atoms with E-state index in [-0.39, 0.29) is 21.8 Å². The highest BCUT2D eigenvalue weighted by atomic mass is 32.2. The Morgan fingerprint density at radius 2 is 2.04 bits per heavy atom. The fraction of sp³-hybridized carbons (Fsp3) is 0.444. The van der Waals surface area contributed by atoms with Crippen molar-refractivity contribution in [2.24, 2.45) is 5.41 Å². The summed E-state index contributed by atoms with van der Waals surface area (Å²) in [5.74, 6) is -0.372. The molecule has 1 N–H and O–H groups in total. The number of carbonyl (C=O) groups is 1. The molecule has 138 valence electrons. The van der Waals surface area contributed by atoms with Gasteiger partial charge >= 0.3 is 0 Å².